The molecule has 1 amide bonds. The standard InChI is InChI=1S/C21H35N5O2/c1-15(2)26(16(3)4)12-10-23-21(22-5)24-11-13-28-18-7-8-19-17(14-18)6-9-20(27)25-19/h7-8,14-16H,6,9-13H2,1-5H3,(H,25,27)(H2,22,23,24). The van der Waals surface area contributed by atoms with Crippen LogP contribution in [0.2, 0.25) is 0 Å². The lowest BCUT2D eigenvalue weighted by molar-refractivity contribution is -0.116. The fourth-order valence-electron chi connectivity index (χ4n) is 3.42. The van der Waals surface area contributed by atoms with E-state index in [1.807, 2.05) is 18.2 Å². The second-order valence-electron chi connectivity index (χ2n) is 7.57. The fourth-order valence-corrected chi connectivity index (χ4v) is 3.42. The SMILES string of the molecule is CN=C(NCCOc1ccc2c(c1)CCC(=O)N2)NCCN(C(C)C)C(C)C. The Balaban J connectivity index is 1.69. The number of ether oxygens (including phenoxy) is 1. The Morgan fingerprint density at radius 1 is 1.18 bits per heavy atom. The number of fused-ring (bicyclic) bond motifs is 1. The molecule has 28 heavy (non-hydrogen) atoms. The third-order valence-corrected chi connectivity index (χ3v) is 4.85. The number of carbonyl (C=O) groups is 1. The van der Waals surface area contributed by atoms with Gasteiger partial charge in [-0.25, -0.2) is 0 Å². The third-order valence-electron chi connectivity index (χ3n) is 4.85. The van der Waals surface area contributed by atoms with Crippen molar-refractivity contribution in [2.45, 2.75) is 52.6 Å². The van der Waals surface area contributed by atoms with Gasteiger partial charge in [0, 0.05) is 44.3 Å². The molecular weight excluding hydrogens is 354 g/mol. The van der Waals surface area contributed by atoms with Gasteiger partial charge in [0.2, 0.25) is 5.91 Å². The molecule has 156 valence electrons. The van der Waals surface area contributed by atoms with E-state index in [4.69, 9.17) is 4.74 Å². The van der Waals surface area contributed by atoms with E-state index in [0.717, 1.165) is 42.5 Å². The second kappa shape index (κ2) is 10.9. The van der Waals surface area contributed by atoms with Crippen LogP contribution in [0.5, 0.6) is 5.75 Å². The van der Waals surface area contributed by atoms with E-state index in [1.54, 1.807) is 7.05 Å². The third kappa shape index (κ3) is 6.71. The quantitative estimate of drug-likeness (QED) is 0.343. The molecule has 1 heterocycles. The van der Waals surface area contributed by atoms with Crippen molar-refractivity contribution < 1.29 is 9.53 Å². The van der Waals surface area contributed by atoms with Gasteiger partial charge in [0.05, 0.1) is 6.54 Å². The number of aliphatic imine (C=N–C) groups is 1. The van der Waals surface area contributed by atoms with Crippen molar-refractivity contribution in [1.82, 2.24) is 15.5 Å². The largest absolute Gasteiger partial charge is 0.492 e. The summed E-state index contributed by atoms with van der Waals surface area (Å²) in [6.07, 6.45) is 1.29. The minimum atomic E-state index is 0.0779. The number of amides is 1. The summed E-state index contributed by atoms with van der Waals surface area (Å²) >= 11 is 0. The van der Waals surface area contributed by atoms with Crippen LogP contribution >= 0.6 is 0 Å². The van der Waals surface area contributed by atoms with Crippen molar-refractivity contribution in [3.63, 3.8) is 0 Å². The van der Waals surface area contributed by atoms with Crippen LogP contribution in [0, 0.1) is 0 Å². The van der Waals surface area contributed by atoms with Crippen LogP contribution in [0.1, 0.15) is 39.7 Å². The van der Waals surface area contributed by atoms with Crippen LogP contribution in [0.25, 0.3) is 0 Å². The number of anilines is 1. The predicted octanol–water partition coefficient (Wildman–Crippen LogP) is 2.23. The number of nitrogens with zero attached hydrogens (tertiary/aromatic N) is 2. The van der Waals surface area contributed by atoms with Crippen molar-refractivity contribution in [3.05, 3.63) is 23.8 Å². The first kappa shape index (κ1) is 22.0. The highest BCUT2D eigenvalue weighted by atomic mass is 16.5. The van der Waals surface area contributed by atoms with Crippen molar-refractivity contribution in [3.8, 4) is 5.75 Å². The number of nitrogens with one attached hydrogen (secondary N) is 3. The average molecular weight is 390 g/mol. The summed E-state index contributed by atoms with van der Waals surface area (Å²) in [6, 6.07) is 6.86. The highest BCUT2D eigenvalue weighted by Crippen LogP contribution is 2.26. The van der Waals surface area contributed by atoms with Crippen LogP contribution in [0.15, 0.2) is 23.2 Å². The summed E-state index contributed by atoms with van der Waals surface area (Å²) in [6.45, 7) is 11.9. The number of hydrogen-bond acceptors (Lipinski definition) is 4. The van der Waals surface area contributed by atoms with Gasteiger partial charge < -0.3 is 20.7 Å². The molecule has 0 aliphatic carbocycles. The van der Waals surface area contributed by atoms with Gasteiger partial charge in [0.25, 0.3) is 0 Å². The zero-order valence-electron chi connectivity index (χ0n) is 17.8. The maximum atomic E-state index is 11.4. The smallest absolute Gasteiger partial charge is 0.224 e. The van der Waals surface area contributed by atoms with E-state index in [1.165, 1.54) is 0 Å². The zero-order valence-corrected chi connectivity index (χ0v) is 17.8. The van der Waals surface area contributed by atoms with E-state index >= 15 is 0 Å². The van der Waals surface area contributed by atoms with Crippen LogP contribution in [0.4, 0.5) is 5.69 Å². The molecule has 0 saturated heterocycles. The number of benzene rings is 1. The van der Waals surface area contributed by atoms with E-state index in [0.29, 0.717) is 31.7 Å². The Morgan fingerprint density at radius 3 is 2.57 bits per heavy atom. The molecule has 1 aliphatic heterocycles. The van der Waals surface area contributed by atoms with Gasteiger partial charge in [0.15, 0.2) is 5.96 Å². The minimum absolute atomic E-state index is 0.0779. The number of rotatable bonds is 9. The van der Waals surface area contributed by atoms with E-state index in [9.17, 15) is 4.79 Å². The van der Waals surface area contributed by atoms with Gasteiger partial charge >= 0.3 is 0 Å². The molecule has 0 aromatic heterocycles. The maximum absolute atomic E-state index is 11.4. The summed E-state index contributed by atoms with van der Waals surface area (Å²) in [5, 5.41) is 9.52. The van der Waals surface area contributed by atoms with Gasteiger partial charge in [-0.2, -0.15) is 0 Å². The molecule has 1 aromatic carbocycles. The summed E-state index contributed by atoms with van der Waals surface area (Å²) < 4.78 is 5.83. The molecule has 0 fully saturated rings. The Bertz CT molecular complexity index is 665. The average Bonchev–Trinajstić information content (AvgIpc) is 2.66. The van der Waals surface area contributed by atoms with Crippen LogP contribution in [0.3, 0.4) is 0 Å². The van der Waals surface area contributed by atoms with Gasteiger partial charge in [0.1, 0.15) is 12.4 Å². The zero-order chi connectivity index (χ0) is 20.5. The van der Waals surface area contributed by atoms with Crippen molar-refractivity contribution in [2.24, 2.45) is 4.99 Å². The minimum Gasteiger partial charge on any atom is -0.492 e. The highest BCUT2D eigenvalue weighted by Gasteiger charge is 2.15. The van der Waals surface area contributed by atoms with Crippen LogP contribution in [-0.4, -0.2) is 62.1 Å². The molecule has 3 N–H and O–H groups in total. The van der Waals surface area contributed by atoms with Crippen LogP contribution in [-0.2, 0) is 11.2 Å². The van der Waals surface area contributed by atoms with Crippen molar-refractivity contribution in [2.75, 3.05) is 38.6 Å². The molecule has 0 atom stereocenters. The number of hydrogen-bond donors (Lipinski definition) is 3. The van der Waals surface area contributed by atoms with Gasteiger partial charge in [-0.3, -0.25) is 14.7 Å². The molecule has 0 unspecified atom stereocenters. The normalized spacial score (nSPS) is 14.3. The van der Waals surface area contributed by atoms with Crippen molar-refractivity contribution >= 4 is 17.6 Å². The summed E-state index contributed by atoms with van der Waals surface area (Å²) in [7, 11) is 1.77. The predicted molar refractivity (Wildman–Crippen MR) is 115 cm³/mol. The van der Waals surface area contributed by atoms with Gasteiger partial charge in [-0.1, -0.05) is 0 Å². The molecular formula is C21H35N5O2. The summed E-state index contributed by atoms with van der Waals surface area (Å²) in [5.74, 6) is 1.68. The van der Waals surface area contributed by atoms with Crippen LogP contribution < -0.4 is 20.7 Å². The number of carbonyl (C=O) groups excluding carboxylic acids is 1. The molecule has 0 spiro atoms. The first-order valence-corrected chi connectivity index (χ1v) is 10.2. The molecule has 0 bridgehead atoms. The van der Waals surface area contributed by atoms with E-state index < -0.39 is 0 Å². The molecule has 1 aliphatic rings. The first-order valence-electron chi connectivity index (χ1n) is 10.2. The molecule has 1 aromatic rings. The monoisotopic (exact) mass is 389 g/mol. The Hall–Kier alpha value is -2.28. The second-order valence-corrected chi connectivity index (χ2v) is 7.57. The molecule has 7 nitrogen and oxygen atoms in total. The first-order chi connectivity index (χ1) is 13.4. The van der Waals surface area contributed by atoms with Crippen molar-refractivity contribution in [1.29, 1.82) is 0 Å². The molecule has 7 heteroatoms. The maximum Gasteiger partial charge on any atom is 0.224 e. The van der Waals surface area contributed by atoms with Gasteiger partial charge in [-0.05, 0) is 57.9 Å². The van der Waals surface area contributed by atoms with E-state index in [-0.39, 0.29) is 5.91 Å². The van der Waals surface area contributed by atoms with Gasteiger partial charge in [-0.15, -0.1) is 0 Å². The molecule has 2 rings (SSSR count). The highest BCUT2D eigenvalue weighted by molar-refractivity contribution is 5.94. The van der Waals surface area contributed by atoms with E-state index in [2.05, 4.69) is 53.5 Å². The summed E-state index contributed by atoms with van der Waals surface area (Å²) in [4.78, 5) is 18.1. The topological polar surface area (TPSA) is 78.0 Å². The lowest BCUT2D eigenvalue weighted by Crippen LogP contribution is -2.45. The summed E-state index contributed by atoms with van der Waals surface area (Å²) in [5.41, 5.74) is 2.02. The lowest BCUT2D eigenvalue weighted by Gasteiger charge is -2.30. The Kier molecular flexibility index (Phi) is 8.57. The number of aryl methyl sites for hydroxylation is 1. The number of guanidine groups is 1. The molecule has 0 saturated carbocycles. The lowest BCUT2D eigenvalue weighted by atomic mass is 10.0. The Labute approximate surface area is 168 Å². The Morgan fingerprint density at radius 2 is 1.89 bits per heavy atom. The fraction of sp³-hybridized carbons (Fsp3) is 0.619. The molecule has 0 radical (unpaired) electrons.